The standard InChI is InChI=1S/C14H18N2O/c15-13-7-3-6-12(13)14(17)16-8-10-4-1-2-5-11(10)9-16/h1-2,4-5,12-13H,3,6-9,15H2/t12-,13-/m0/s1. The van der Waals surface area contributed by atoms with Crippen LogP contribution in [0.4, 0.5) is 0 Å². The molecule has 2 aliphatic rings. The molecule has 3 heteroatoms. The van der Waals surface area contributed by atoms with Gasteiger partial charge in [-0.1, -0.05) is 30.7 Å². The van der Waals surface area contributed by atoms with E-state index in [2.05, 4.69) is 12.1 Å². The second kappa shape index (κ2) is 4.15. The fraction of sp³-hybridized carbons (Fsp3) is 0.500. The Kier molecular flexibility index (Phi) is 2.63. The maximum absolute atomic E-state index is 12.4. The average Bonchev–Trinajstić information content (AvgIpc) is 2.93. The van der Waals surface area contributed by atoms with Crippen molar-refractivity contribution in [3.63, 3.8) is 0 Å². The van der Waals surface area contributed by atoms with Gasteiger partial charge in [-0.05, 0) is 24.0 Å². The van der Waals surface area contributed by atoms with Crippen LogP contribution >= 0.6 is 0 Å². The summed E-state index contributed by atoms with van der Waals surface area (Å²) in [5.74, 6) is 0.315. The molecule has 3 rings (SSSR count). The number of benzene rings is 1. The van der Waals surface area contributed by atoms with Gasteiger partial charge in [0.1, 0.15) is 0 Å². The van der Waals surface area contributed by atoms with E-state index in [0.717, 1.165) is 32.4 Å². The minimum absolute atomic E-state index is 0.0595. The summed E-state index contributed by atoms with van der Waals surface area (Å²) in [6, 6.07) is 8.36. The average molecular weight is 230 g/mol. The minimum atomic E-state index is 0.0595. The van der Waals surface area contributed by atoms with Gasteiger partial charge in [-0.2, -0.15) is 0 Å². The molecule has 17 heavy (non-hydrogen) atoms. The number of rotatable bonds is 1. The molecule has 1 fully saturated rings. The van der Waals surface area contributed by atoms with Crippen LogP contribution in [0, 0.1) is 5.92 Å². The molecule has 0 bridgehead atoms. The number of carbonyl (C=O) groups excluding carboxylic acids is 1. The Morgan fingerprint density at radius 2 is 1.82 bits per heavy atom. The van der Waals surface area contributed by atoms with E-state index in [1.165, 1.54) is 11.1 Å². The second-order valence-electron chi connectivity index (χ2n) is 5.16. The lowest BCUT2D eigenvalue weighted by molar-refractivity contribution is -0.136. The number of hydrogen-bond donors (Lipinski definition) is 1. The smallest absolute Gasteiger partial charge is 0.227 e. The summed E-state index contributed by atoms with van der Waals surface area (Å²) in [6.07, 6.45) is 3.06. The van der Waals surface area contributed by atoms with Crippen LogP contribution in [0.15, 0.2) is 24.3 Å². The molecule has 1 saturated carbocycles. The monoisotopic (exact) mass is 230 g/mol. The molecule has 1 aliphatic heterocycles. The van der Waals surface area contributed by atoms with E-state index in [1.54, 1.807) is 0 Å². The van der Waals surface area contributed by atoms with Crippen LogP contribution in [0.5, 0.6) is 0 Å². The topological polar surface area (TPSA) is 46.3 Å². The molecular formula is C14H18N2O. The van der Waals surface area contributed by atoms with Crippen LogP contribution < -0.4 is 5.73 Å². The highest BCUT2D eigenvalue weighted by molar-refractivity contribution is 5.80. The van der Waals surface area contributed by atoms with Crippen molar-refractivity contribution in [1.82, 2.24) is 4.90 Å². The normalized spacial score (nSPS) is 27.2. The molecular weight excluding hydrogens is 212 g/mol. The number of amides is 1. The number of fused-ring (bicyclic) bond motifs is 1. The molecule has 2 atom stereocenters. The van der Waals surface area contributed by atoms with E-state index in [0.29, 0.717) is 0 Å². The van der Waals surface area contributed by atoms with Gasteiger partial charge in [-0.3, -0.25) is 4.79 Å². The van der Waals surface area contributed by atoms with Gasteiger partial charge in [0.05, 0.1) is 5.92 Å². The molecule has 1 aromatic rings. The van der Waals surface area contributed by atoms with Gasteiger partial charge in [-0.15, -0.1) is 0 Å². The fourth-order valence-corrected chi connectivity index (χ4v) is 3.02. The van der Waals surface area contributed by atoms with E-state index in [4.69, 9.17) is 5.73 Å². The highest BCUT2D eigenvalue weighted by Crippen LogP contribution is 2.30. The van der Waals surface area contributed by atoms with Crippen molar-refractivity contribution in [2.75, 3.05) is 0 Å². The predicted octanol–water partition coefficient (Wildman–Crippen LogP) is 1.66. The molecule has 2 N–H and O–H groups in total. The Balaban J connectivity index is 1.74. The lowest BCUT2D eigenvalue weighted by atomic mass is 10.0. The van der Waals surface area contributed by atoms with Gasteiger partial charge in [-0.25, -0.2) is 0 Å². The van der Waals surface area contributed by atoms with Crippen LogP contribution in [0.3, 0.4) is 0 Å². The summed E-state index contributed by atoms with van der Waals surface area (Å²) in [5, 5.41) is 0. The van der Waals surface area contributed by atoms with E-state index >= 15 is 0 Å². The first-order valence-electron chi connectivity index (χ1n) is 6.37. The van der Waals surface area contributed by atoms with Crippen molar-refractivity contribution in [3.05, 3.63) is 35.4 Å². The van der Waals surface area contributed by atoms with Crippen LogP contribution in [0.1, 0.15) is 30.4 Å². The van der Waals surface area contributed by atoms with Gasteiger partial charge in [0, 0.05) is 19.1 Å². The van der Waals surface area contributed by atoms with Crippen molar-refractivity contribution in [2.45, 2.75) is 38.4 Å². The molecule has 90 valence electrons. The highest BCUT2D eigenvalue weighted by Gasteiger charge is 2.35. The number of hydrogen-bond acceptors (Lipinski definition) is 2. The Bertz CT molecular complexity index is 419. The predicted molar refractivity (Wildman–Crippen MR) is 66.0 cm³/mol. The molecule has 1 amide bonds. The zero-order valence-corrected chi connectivity index (χ0v) is 9.93. The van der Waals surface area contributed by atoms with Crippen molar-refractivity contribution >= 4 is 5.91 Å². The molecule has 0 unspecified atom stereocenters. The van der Waals surface area contributed by atoms with Crippen LogP contribution in [0.2, 0.25) is 0 Å². The SMILES string of the molecule is N[C@H]1CCC[C@@H]1C(=O)N1Cc2ccccc2C1. The van der Waals surface area contributed by atoms with Gasteiger partial charge >= 0.3 is 0 Å². The van der Waals surface area contributed by atoms with Crippen molar-refractivity contribution in [2.24, 2.45) is 11.7 Å². The third-order valence-electron chi connectivity index (χ3n) is 4.04. The Morgan fingerprint density at radius 1 is 1.18 bits per heavy atom. The van der Waals surface area contributed by atoms with Crippen molar-refractivity contribution in [1.29, 1.82) is 0 Å². The lowest BCUT2D eigenvalue weighted by Crippen LogP contribution is -2.39. The third kappa shape index (κ3) is 1.84. The molecule has 1 heterocycles. The molecule has 0 radical (unpaired) electrons. The van der Waals surface area contributed by atoms with E-state index in [9.17, 15) is 4.79 Å². The summed E-state index contributed by atoms with van der Waals surface area (Å²) in [4.78, 5) is 14.3. The van der Waals surface area contributed by atoms with Crippen LogP contribution in [-0.4, -0.2) is 16.8 Å². The van der Waals surface area contributed by atoms with E-state index < -0.39 is 0 Å². The second-order valence-corrected chi connectivity index (χ2v) is 5.16. The molecule has 1 aromatic carbocycles. The third-order valence-corrected chi connectivity index (χ3v) is 4.04. The summed E-state index contributed by atoms with van der Waals surface area (Å²) >= 11 is 0. The van der Waals surface area contributed by atoms with Gasteiger partial charge in [0.15, 0.2) is 0 Å². The molecule has 3 nitrogen and oxygen atoms in total. The van der Waals surface area contributed by atoms with E-state index in [-0.39, 0.29) is 17.9 Å². The lowest BCUT2D eigenvalue weighted by Gasteiger charge is -2.22. The molecule has 0 aromatic heterocycles. The number of nitrogens with zero attached hydrogens (tertiary/aromatic N) is 1. The summed E-state index contributed by atoms with van der Waals surface area (Å²) < 4.78 is 0. The molecule has 1 aliphatic carbocycles. The quantitative estimate of drug-likeness (QED) is 0.797. The first kappa shape index (κ1) is 10.8. The zero-order valence-electron chi connectivity index (χ0n) is 9.93. The maximum atomic E-state index is 12.4. The van der Waals surface area contributed by atoms with Crippen molar-refractivity contribution in [3.8, 4) is 0 Å². The molecule has 0 saturated heterocycles. The van der Waals surface area contributed by atoms with Crippen LogP contribution in [-0.2, 0) is 17.9 Å². The van der Waals surface area contributed by atoms with Gasteiger partial charge in [0.2, 0.25) is 5.91 Å². The van der Waals surface area contributed by atoms with Crippen LogP contribution in [0.25, 0.3) is 0 Å². The van der Waals surface area contributed by atoms with E-state index in [1.807, 2.05) is 17.0 Å². The summed E-state index contributed by atoms with van der Waals surface area (Å²) in [5.41, 5.74) is 8.57. The zero-order chi connectivity index (χ0) is 11.8. The fourth-order valence-electron chi connectivity index (χ4n) is 3.02. The van der Waals surface area contributed by atoms with Gasteiger partial charge < -0.3 is 10.6 Å². The minimum Gasteiger partial charge on any atom is -0.334 e. The highest BCUT2D eigenvalue weighted by atomic mass is 16.2. The molecule has 0 spiro atoms. The first-order valence-corrected chi connectivity index (χ1v) is 6.37. The largest absolute Gasteiger partial charge is 0.334 e. The Hall–Kier alpha value is -1.35. The van der Waals surface area contributed by atoms with Crippen molar-refractivity contribution < 1.29 is 4.79 Å². The Labute approximate surface area is 102 Å². The summed E-state index contributed by atoms with van der Waals surface area (Å²) in [6.45, 7) is 1.52. The number of carbonyl (C=O) groups is 1. The first-order chi connectivity index (χ1) is 8.25. The van der Waals surface area contributed by atoms with Gasteiger partial charge in [0.25, 0.3) is 0 Å². The summed E-state index contributed by atoms with van der Waals surface area (Å²) in [7, 11) is 0. The maximum Gasteiger partial charge on any atom is 0.227 e. The Morgan fingerprint density at radius 3 is 2.35 bits per heavy atom. The number of nitrogens with two attached hydrogens (primary N) is 1.